The van der Waals surface area contributed by atoms with E-state index in [0.29, 0.717) is 13.1 Å². The maximum Gasteiger partial charge on any atom is 0.215 e. The van der Waals surface area contributed by atoms with Crippen molar-refractivity contribution in [1.29, 1.82) is 0 Å². The number of sulfonamides is 1. The summed E-state index contributed by atoms with van der Waals surface area (Å²) >= 11 is 0. The second-order valence-electron chi connectivity index (χ2n) is 6.62. The van der Waals surface area contributed by atoms with Gasteiger partial charge in [0, 0.05) is 25.7 Å². The highest BCUT2D eigenvalue weighted by atomic mass is 32.2. The molecule has 0 bridgehead atoms. The molecule has 0 aliphatic rings. The Morgan fingerprint density at radius 3 is 2.55 bits per heavy atom. The first-order valence-corrected chi connectivity index (χ1v) is 11.1. The van der Waals surface area contributed by atoms with Crippen LogP contribution >= 0.6 is 0 Å². The molecule has 8 heteroatoms. The Hall–Kier alpha value is -2.58. The van der Waals surface area contributed by atoms with E-state index in [1.807, 2.05) is 61.3 Å². The van der Waals surface area contributed by atoms with Crippen LogP contribution < -0.4 is 14.8 Å². The molecule has 0 heterocycles. The molecule has 0 saturated carbocycles. The average Bonchev–Trinajstić information content (AvgIpc) is 2.71. The second kappa shape index (κ2) is 10.8. The predicted molar refractivity (Wildman–Crippen MR) is 117 cm³/mol. The number of hydrogen-bond donors (Lipinski definition) is 2. The van der Waals surface area contributed by atoms with Crippen LogP contribution in [-0.4, -0.2) is 47.0 Å². The molecule has 2 N–H and O–H groups in total. The number of nitrogens with zero attached hydrogens (tertiary/aromatic N) is 2. The fraction of sp³-hybridized carbons (Fsp3) is 0.381. The Kier molecular flexibility index (Phi) is 8.48. The third-order valence-electron chi connectivity index (χ3n) is 4.37. The van der Waals surface area contributed by atoms with Crippen molar-refractivity contribution in [3.63, 3.8) is 0 Å². The van der Waals surface area contributed by atoms with E-state index in [1.165, 1.54) is 7.05 Å². The van der Waals surface area contributed by atoms with Gasteiger partial charge >= 0.3 is 0 Å². The zero-order chi connectivity index (χ0) is 21.3. The smallest absolute Gasteiger partial charge is 0.215 e. The van der Waals surface area contributed by atoms with E-state index in [4.69, 9.17) is 9.73 Å². The molecule has 0 atom stereocenters. The fourth-order valence-electron chi connectivity index (χ4n) is 2.91. The molecule has 2 aromatic carbocycles. The van der Waals surface area contributed by atoms with Gasteiger partial charge in [-0.3, -0.25) is 0 Å². The van der Waals surface area contributed by atoms with Crippen molar-refractivity contribution >= 4 is 16.0 Å². The molecular weight excluding hydrogens is 388 g/mol. The monoisotopic (exact) mass is 418 g/mol. The molecule has 0 unspecified atom stereocenters. The number of methoxy groups -OCH3 is 1. The molecule has 0 fully saturated rings. The van der Waals surface area contributed by atoms with Gasteiger partial charge < -0.3 is 15.0 Å². The van der Waals surface area contributed by atoms with Crippen LogP contribution in [-0.2, 0) is 28.9 Å². The molecule has 0 aliphatic carbocycles. The first kappa shape index (κ1) is 22.7. The summed E-state index contributed by atoms with van der Waals surface area (Å²) in [6.07, 6.45) is 0. The van der Waals surface area contributed by atoms with Crippen LogP contribution in [0.15, 0.2) is 53.5 Å². The molecule has 0 radical (unpaired) electrons. The number of benzene rings is 2. The number of rotatable bonds is 9. The first-order chi connectivity index (χ1) is 13.9. The number of hydrogen-bond acceptors (Lipinski definition) is 4. The number of ether oxygens (including phenoxy) is 1. The number of para-hydroxylation sites is 1. The molecule has 0 aromatic heterocycles. The Labute approximate surface area is 173 Å². The topological polar surface area (TPSA) is 83.0 Å². The highest BCUT2D eigenvalue weighted by molar-refractivity contribution is 7.88. The van der Waals surface area contributed by atoms with E-state index in [0.717, 1.165) is 34.9 Å². The zero-order valence-corrected chi connectivity index (χ0v) is 18.3. The van der Waals surface area contributed by atoms with E-state index in [9.17, 15) is 8.42 Å². The van der Waals surface area contributed by atoms with E-state index < -0.39 is 10.0 Å². The molecular formula is C21H30N4O3S. The van der Waals surface area contributed by atoms with Gasteiger partial charge in [0.25, 0.3) is 0 Å². The lowest BCUT2D eigenvalue weighted by Gasteiger charge is -2.23. The number of nitrogens with one attached hydrogen (secondary N) is 2. The SMILES string of the molecule is CCNC(=NCc1cccc(CS(=O)(=O)NC)c1)N(C)Cc1ccccc1OC. The Bertz CT molecular complexity index is 929. The third kappa shape index (κ3) is 7.07. The lowest BCUT2D eigenvalue weighted by molar-refractivity contribution is 0.396. The van der Waals surface area contributed by atoms with E-state index in [2.05, 4.69) is 10.0 Å². The summed E-state index contributed by atoms with van der Waals surface area (Å²) in [5.41, 5.74) is 2.76. The molecule has 2 aromatic rings. The lowest BCUT2D eigenvalue weighted by Crippen LogP contribution is -2.38. The van der Waals surface area contributed by atoms with Crippen molar-refractivity contribution in [3.05, 3.63) is 65.2 Å². The Morgan fingerprint density at radius 2 is 1.86 bits per heavy atom. The van der Waals surface area contributed by atoms with Crippen LogP contribution in [0.1, 0.15) is 23.6 Å². The van der Waals surface area contributed by atoms with Gasteiger partial charge in [-0.25, -0.2) is 18.1 Å². The first-order valence-electron chi connectivity index (χ1n) is 9.49. The van der Waals surface area contributed by atoms with Crippen LogP contribution in [0, 0.1) is 0 Å². The van der Waals surface area contributed by atoms with Crippen molar-refractivity contribution in [2.75, 3.05) is 27.7 Å². The van der Waals surface area contributed by atoms with Crippen molar-refractivity contribution in [2.45, 2.75) is 25.8 Å². The van der Waals surface area contributed by atoms with Crippen LogP contribution in [0.3, 0.4) is 0 Å². The van der Waals surface area contributed by atoms with Gasteiger partial charge in [0.05, 0.1) is 19.4 Å². The molecule has 0 saturated heterocycles. The van der Waals surface area contributed by atoms with Gasteiger partial charge in [0.2, 0.25) is 10.0 Å². The summed E-state index contributed by atoms with van der Waals surface area (Å²) in [6, 6.07) is 15.4. The molecule has 0 spiro atoms. The summed E-state index contributed by atoms with van der Waals surface area (Å²) in [6.45, 7) is 3.87. The minimum atomic E-state index is -3.30. The summed E-state index contributed by atoms with van der Waals surface area (Å²) in [7, 11) is 1.76. The lowest BCUT2D eigenvalue weighted by atomic mass is 10.1. The average molecular weight is 419 g/mol. The summed E-state index contributed by atoms with van der Waals surface area (Å²) in [5.74, 6) is 1.56. The third-order valence-corrected chi connectivity index (χ3v) is 5.70. The number of aliphatic imine (C=N–C) groups is 1. The van der Waals surface area contributed by atoms with Gasteiger partial charge in [-0.15, -0.1) is 0 Å². The quantitative estimate of drug-likeness (QED) is 0.482. The van der Waals surface area contributed by atoms with Gasteiger partial charge in [0.15, 0.2) is 5.96 Å². The van der Waals surface area contributed by atoms with E-state index in [1.54, 1.807) is 13.2 Å². The Morgan fingerprint density at radius 1 is 1.14 bits per heavy atom. The van der Waals surface area contributed by atoms with Crippen molar-refractivity contribution < 1.29 is 13.2 Å². The molecule has 29 heavy (non-hydrogen) atoms. The summed E-state index contributed by atoms with van der Waals surface area (Å²) < 4.78 is 31.3. The van der Waals surface area contributed by atoms with Crippen molar-refractivity contribution in [1.82, 2.24) is 14.9 Å². The van der Waals surface area contributed by atoms with E-state index >= 15 is 0 Å². The fourth-order valence-corrected chi connectivity index (χ4v) is 3.67. The highest BCUT2D eigenvalue weighted by Gasteiger charge is 2.11. The van der Waals surface area contributed by atoms with Crippen LogP contribution in [0.5, 0.6) is 5.75 Å². The van der Waals surface area contributed by atoms with Crippen LogP contribution in [0.2, 0.25) is 0 Å². The van der Waals surface area contributed by atoms with Gasteiger partial charge in [0.1, 0.15) is 5.75 Å². The molecule has 158 valence electrons. The maximum absolute atomic E-state index is 11.8. The van der Waals surface area contributed by atoms with Gasteiger partial charge in [-0.2, -0.15) is 0 Å². The molecule has 7 nitrogen and oxygen atoms in total. The summed E-state index contributed by atoms with van der Waals surface area (Å²) in [5, 5.41) is 3.30. The van der Waals surface area contributed by atoms with Crippen molar-refractivity contribution in [3.8, 4) is 5.75 Å². The number of guanidine groups is 1. The minimum Gasteiger partial charge on any atom is -0.496 e. The van der Waals surface area contributed by atoms with Crippen molar-refractivity contribution in [2.24, 2.45) is 4.99 Å². The molecule has 2 rings (SSSR count). The summed E-state index contributed by atoms with van der Waals surface area (Å²) in [4.78, 5) is 6.76. The normalized spacial score (nSPS) is 11.9. The highest BCUT2D eigenvalue weighted by Crippen LogP contribution is 2.19. The predicted octanol–water partition coefficient (Wildman–Crippen LogP) is 2.34. The maximum atomic E-state index is 11.8. The minimum absolute atomic E-state index is 0.0468. The Balaban J connectivity index is 2.14. The second-order valence-corrected chi connectivity index (χ2v) is 8.55. The van der Waals surface area contributed by atoms with E-state index in [-0.39, 0.29) is 5.75 Å². The zero-order valence-electron chi connectivity index (χ0n) is 17.5. The largest absolute Gasteiger partial charge is 0.496 e. The van der Waals surface area contributed by atoms with Gasteiger partial charge in [-0.05, 0) is 31.2 Å². The van der Waals surface area contributed by atoms with Crippen LogP contribution in [0.4, 0.5) is 0 Å². The molecule has 0 amide bonds. The van der Waals surface area contributed by atoms with Gasteiger partial charge in [-0.1, -0.05) is 42.5 Å². The van der Waals surface area contributed by atoms with Crippen LogP contribution in [0.25, 0.3) is 0 Å². The standard InChI is InChI=1S/C21H30N4O3S/c1-5-23-21(25(3)15-19-11-6-7-12-20(19)28-4)24-14-17-9-8-10-18(13-17)16-29(26,27)22-2/h6-13,22H,5,14-16H2,1-4H3,(H,23,24). The molecule has 0 aliphatic heterocycles.